The van der Waals surface area contributed by atoms with Crippen molar-refractivity contribution >= 4 is 21.9 Å². The van der Waals surface area contributed by atoms with Crippen LogP contribution in [-0.2, 0) is 14.8 Å². The first-order chi connectivity index (χ1) is 14.4. The normalized spacial score (nSPS) is 26.6. The third kappa shape index (κ3) is 3.12. The van der Waals surface area contributed by atoms with Crippen LogP contribution >= 0.6 is 0 Å². The molecule has 1 amide bonds. The Morgan fingerprint density at radius 3 is 2.23 bits per heavy atom. The smallest absolute Gasteiger partial charge is 0.229 e. The Labute approximate surface area is 178 Å². The van der Waals surface area contributed by atoms with E-state index in [1.54, 1.807) is 16.7 Å². The molecule has 1 aliphatic carbocycles. The molecule has 3 saturated heterocycles. The summed E-state index contributed by atoms with van der Waals surface area (Å²) in [6.45, 7) is 5.41. The van der Waals surface area contributed by atoms with E-state index in [1.807, 2.05) is 6.07 Å². The summed E-state index contributed by atoms with van der Waals surface area (Å²) in [6, 6.07) is 1.81. The number of rotatable bonds is 4. The number of carbonyl (C=O) groups is 1. The number of nitrogens with zero attached hydrogens (tertiary/aromatic N) is 5. The van der Waals surface area contributed by atoms with Crippen molar-refractivity contribution in [3.8, 4) is 0 Å². The first-order valence-corrected chi connectivity index (χ1v) is 12.7. The molecule has 0 unspecified atom stereocenters. The van der Waals surface area contributed by atoms with Gasteiger partial charge in [0.05, 0.1) is 10.7 Å². The second kappa shape index (κ2) is 7.15. The largest absolute Gasteiger partial charge is 0.341 e. The van der Waals surface area contributed by atoms with E-state index in [0.717, 1.165) is 64.0 Å². The first-order valence-electron chi connectivity index (χ1n) is 11.2. The number of sulfonamides is 1. The van der Waals surface area contributed by atoms with Gasteiger partial charge in [0.2, 0.25) is 21.9 Å². The molecule has 4 heterocycles. The van der Waals surface area contributed by atoms with Crippen molar-refractivity contribution in [1.82, 2.24) is 19.2 Å². The highest BCUT2D eigenvalue weighted by molar-refractivity contribution is 7.90. The lowest BCUT2D eigenvalue weighted by Gasteiger charge is -2.44. The fourth-order valence-corrected chi connectivity index (χ4v) is 7.79. The fraction of sp³-hybridized carbons (Fsp3) is 0.762. The van der Waals surface area contributed by atoms with Crippen LogP contribution in [0.3, 0.4) is 0 Å². The van der Waals surface area contributed by atoms with Gasteiger partial charge in [0.25, 0.3) is 0 Å². The quantitative estimate of drug-likeness (QED) is 0.718. The van der Waals surface area contributed by atoms with Crippen LogP contribution in [-0.4, -0.2) is 77.0 Å². The van der Waals surface area contributed by atoms with Gasteiger partial charge in [0.1, 0.15) is 0 Å². The average Bonchev–Trinajstić information content (AvgIpc) is 3.59. The Bertz CT molecular complexity index is 902. The number of amides is 1. The summed E-state index contributed by atoms with van der Waals surface area (Å²) in [7, 11) is -3.13. The molecule has 1 saturated carbocycles. The molecule has 8 nitrogen and oxygen atoms in total. The van der Waals surface area contributed by atoms with Crippen LogP contribution in [0.1, 0.15) is 51.9 Å². The highest BCUT2D eigenvalue weighted by Crippen LogP contribution is 2.53. The Morgan fingerprint density at radius 2 is 1.67 bits per heavy atom. The van der Waals surface area contributed by atoms with Gasteiger partial charge in [-0.05, 0) is 57.9 Å². The molecule has 0 N–H and O–H groups in total. The number of aromatic nitrogens is 2. The van der Waals surface area contributed by atoms with Gasteiger partial charge in [-0.15, -0.1) is 0 Å². The molecule has 1 aromatic rings. The third-order valence-corrected chi connectivity index (χ3v) is 10.2. The maximum atomic E-state index is 13.6. The van der Waals surface area contributed by atoms with Gasteiger partial charge in [0.15, 0.2) is 0 Å². The lowest BCUT2D eigenvalue weighted by atomic mass is 9.71. The van der Waals surface area contributed by atoms with Crippen molar-refractivity contribution in [2.45, 2.75) is 62.7 Å². The van der Waals surface area contributed by atoms with Crippen molar-refractivity contribution < 1.29 is 13.2 Å². The predicted octanol–water partition coefficient (Wildman–Crippen LogP) is 1.64. The summed E-state index contributed by atoms with van der Waals surface area (Å²) in [5, 5.41) is -0.157. The SMILES string of the molecule is CCN1C(=O)C2(CCN(c3ncccn3)CC2)CC12CCN(S(=O)(=O)C1CC1)CC2. The van der Waals surface area contributed by atoms with Crippen LogP contribution < -0.4 is 4.90 Å². The summed E-state index contributed by atoms with van der Waals surface area (Å²) in [5.74, 6) is 1.01. The maximum absolute atomic E-state index is 13.6. The minimum atomic E-state index is -3.13. The van der Waals surface area contributed by atoms with Gasteiger partial charge in [-0.25, -0.2) is 22.7 Å². The molecule has 30 heavy (non-hydrogen) atoms. The monoisotopic (exact) mass is 433 g/mol. The molecule has 5 rings (SSSR count). The number of anilines is 1. The predicted molar refractivity (Wildman–Crippen MR) is 113 cm³/mol. The van der Waals surface area contributed by atoms with Gasteiger partial charge in [-0.2, -0.15) is 0 Å². The van der Waals surface area contributed by atoms with Crippen molar-refractivity contribution in [3.05, 3.63) is 18.5 Å². The van der Waals surface area contributed by atoms with Gasteiger partial charge < -0.3 is 9.80 Å². The minimum absolute atomic E-state index is 0.157. The van der Waals surface area contributed by atoms with E-state index in [4.69, 9.17) is 0 Å². The summed E-state index contributed by atoms with van der Waals surface area (Å²) >= 11 is 0. The Kier molecular flexibility index (Phi) is 4.81. The van der Waals surface area contributed by atoms with E-state index >= 15 is 0 Å². The van der Waals surface area contributed by atoms with E-state index in [0.29, 0.717) is 19.6 Å². The fourth-order valence-electron chi connectivity index (χ4n) is 5.94. The number of carbonyl (C=O) groups excluding carboxylic acids is 1. The molecule has 0 radical (unpaired) electrons. The standard InChI is InChI=1S/C21H31N5O3S/c1-2-26-18(27)20(6-12-24(13-7-20)19-22-10-3-11-23-19)16-21(26)8-14-25(15-9-21)30(28,29)17-4-5-17/h3,10-11,17H,2,4-9,12-16H2,1H3. The summed E-state index contributed by atoms with van der Waals surface area (Å²) < 4.78 is 27.0. The zero-order valence-corrected chi connectivity index (χ0v) is 18.5. The molecule has 0 atom stereocenters. The zero-order valence-electron chi connectivity index (χ0n) is 17.7. The van der Waals surface area contributed by atoms with E-state index in [1.165, 1.54) is 0 Å². The molecule has 4 fully saturated rings. The highest BCUT2D eigenvalue weighted by atomic mass is 32.2. The van der Waals surface area contributed by atoms with Gasteiger partial charge >= 0.3 is 0 Å². The molecule has 1 aromatic heterocycles. The van der Waals surface area contributed by atoms with E-state index in [9.17, 15) is 13.2 Å². The zero-order chi connectivity index (χ0) is 21.0. The molecule has 0 bridgehead atoms. The lowest BCUT2D eigenvalue weighted by Crippen LogP contribution is -2.54. The number of hydrogen-bond donors (Lipinski definition) is 0. The molecular formula is C21H31N5O3S. The van der Waals surface area contributed by atoms with E-state index in [-0.39, 0.29) is 22.1 Å². The second-order valence-corrected chi connectivity index (χ2v) is 11.6. The van der Waals surface area contributed by atoms with Crippen molar-refractivity contribution in [2.24, 2.45) is 5.41 Å². The summed E-state index contributed by atoms with van der Waals surface area (Å²) in [4.78, 5) is 26.5. The van der Waals surface area contributed by atoms with E-state index < -0.39 is 10.0 Å². The molecule has 164 valence electrons. The Morgan fingerprint density at radius 1 is 1.03 bits per heavy atom. The van der Waals surface area contributed by atoms with Gasteiger partial charge in [-0.1, -0.05) is 0 Å². The Balaban J connectivity index is 1.31. The van der Waals surface area contributed by atoms with Crippen molar-refractivity contribution in [1.29, 1.82) is 0 Å². The third-order valence-electron chi connectivity index (χ3n) is 7.77. The molecule has 0 aromatic carbocycles. The van der Waals surface area contributed by atoms with Crippen LogP contribution in [0.15, 0.2) is 18.5 Å². The maximum Gasteiger partial charge on any atom is 0.229 e. The van der Waals surface area contributed by atoms with Crippen molar-refractivity contribution in [2.75, 3.05) is 37.6 Å². The number of likely N-dealkylation sites (tertiary alicyclic amines) is 1. The van der Waals surface area contributed by atoms with Crippen LogP contribution in [0.5, 0.6) is 0 Å². The summed E-state index contributed by atoms with van der Waals surface area (Å²) in [6.07, 6.45) is 9.10. The average molecular weight is 434 g/mol. The molecule has 2 spiro atoms. The van der Waals surface area contributed by atoms with Gasteiger partial charge in [0, 0.05) is 50.7 Å². The minimum Gasteiger partial charge on any atom is -0.341 e. The molecular weight excluding hydrogens is 402 g/mol. The van der Waals surface area contributed by atoms with Crippen LogP contribution in [0.25, 0.3) is 0 Å². The highest BCUT2D eigenvalue weighted by Gasteiger charge is 2.60. The molecule has 4 aliphatic rings. The second-order valence-electron chi connectivity index (χ2n) is 9.41. The van der Waals surface area contributed by atoms with Crippen LogP contribution in [0, 0.1) is 5.41 Å². The first kappa shape index (κ1) is 20.2. The van der Waals surface area contributed by atoms with Crippen LogP contribution in [0.4, 0.5) is 5.95 Å². The van der Waals surface area contributed by atoms with Crippen LogP contribution in [0.2, 0.25) is 0 Å². The topological polar surface area (TPSA) is 86.7 Å². The van der Waals surface area contributed by atoms with Gasteiger partial charge in [-0.3, -0.25) is 4.79 Å². The number of hydrogen-bond acceptors (Lipinski definition) is 6. The van der Waals surface area contributed by atoms with Crippen molar-refractivity contribution in [3.63, 3.8) is 0 Å². The lowest BCUT2D eigenvalue weighted by molar-refractivity contribution is -0.139. The Hall–Kier alpha value is -1.74. The molecule has 9 heteroatoms. The van der Waals surface area contributed by atoms with E-state index in [2.05, 4.69) is 26.7 Å². The molecule has 3 aliphatic heterocycles. The summed E-state index contributed by atoms with van der Waals surface area (Å²) in [5.41, 5.74) is -0.508. The number of piperidine rings is 2.